The highest BCUT2D eigenvalue weighted by atomic mass is 35.5. The second-order valence-electron chi connectivity index (χ2n) is 7.24. The van der Waals surface area contributed by atoms with Crippen LogP contribution in [0, 0.1) is 0 Å². The Morgan fingerprint density at radius 2 is 1.41 bits per heavy atom. The number of hydrogen-bond donors (Lipinski definition) is 2. The number of imide groups is 1. The fourth-order valence-corrected chi connectivity index (χ4v) is 4.36. The number of ether oxygens (including phenoxy) is 1. The van der Waals surface area contributed by atoms with Gasteiger partial charge in [0.25, 0.3) is 11.8 Å². The van der Waals surface area contributed by atoms with Gasteiger partial charge in [0.1, 0.15) is 0 Å². The molecule has 3 N–H and O–H groups in total. The fourth-order valence-electron chi connectivity index (χ4n) is 3.24. The molecule has 1 aliphatic rings. The van der Waals surface area contributed by atoms with Crippen LogP contribution < -0.4 is 11.1 Å². The van der Waals surface area contributed by atoms with Crippen LogP contribution >= 0.6 is 46.4 Å². The van der Waals surface area contributed by atoms with Crippen molar-refractivity contribution in [3.8, 4) is 0 Å². The molecule has 0 fully saturated rings. The summed E-state index contributed by atoms with van der Waals surface area (Å²) in [4.78, 5) is 39.5. The van der Waals surface area contributed by atoms with Gasteiger partial charge in [-0.25, -0.2) is 4.90 Å². The normalized spacial score (nSPS) is 16.9. The molecule has 2 aromatic carbocycles. The van der Waals surface area contributed by atoms with E-state index in [0.717, 1.165) is 4.90 Å². The minimum absolute atomic E-state index is 0.0262. The highest BCUT2D eigenvalue weighted by Gasteiger charge is 2.42. The maximum absolute atomic E-state index is 13.7. The molecule has 0 aliphatic carbocycles. The Morgan fingerprint density at radius 3 is 1.79 bits per heavy atom. The van der Waals surface area contributed by atoms with Crippen molar-refractivity contribution in [2.45, 2.75) is 18.6 Å². The molecule has 0 radical (unpaired) electrons. The molecule has 0 unspecified atom stereocenters. The van der Waals surface area contributed by atoms with Crippen molar-refractivity contribution in [3.05, 3.63) is 91.5 Å². The third kappa shape index (κ3) is 5.40. The van der Waals surface area contributed by atoms with Gasteiger partial charge >= 0.3 is 5.97 Å². The molecule has 0 spiro atoms. The van der Waals surface area contributed by atoms with E-state index in [4.69, 9.17) is 52.1 Å². The Kier molecular flexibility index (Phi) is 8.28. The van der Waals surface area contributed by atoms with Gasteiger partial charge in [-0.05, 0) is 42.3 Å². The van der Waals surface area contributed by atoms with Gasteiger partial charge in [-0.1, -0.05) is 64.6 Å². The maximum Gasteiger partial charge on any atom is 0.305 e. The van der Waals surface area contributed by atoms with Gasteiger partial charge in [-0.15, -0.1) is 0 Å². The molecule has 0 saturated carbocycles. The molecule has 0 bridgehead atoms. The van der Waals surface area contributed by atoms with Gasteiger partial charge in [0.2, 0.25) is 0 Å². The van der Waals surface area contributed by atoms with Gasteiger partial charge in [0.15, 0.2) is 5.79 Å². The van der Waals surface area contributed by atoms with Crippen molar-refractivity contribution in [2.24, 2.45) is 5.73 Å². The standard InChI is InChI=1S/C23H19Cl4N3O4/c1-34-18(31)9-8-13-10-11-23(28,29-12-13)30(21(32)19-14(24)4-2-5-15(19)25)22(33)20-16(26)6-3-7-17(20)27/h2-7,10-12,29H,8-9,28H2,1H3/t23-/m0/s1. The number of benzene rings is 2. The zero-order chi connectivity index (χ0) is 25.0. The molecule has 178 valence electrons. The van der Waals surface area contributed by atoms with Crippen LogP contribution in [-0.4, -0.2) is 35.6 Å². The van der Waals surface area contributed by atoms with Crippen molar-refractivity contribution in [1.29, 1.82) is 0 Å². The summed E-state index contributed by atoms with van der Waals surface area (Å²) in [5, 5.41) is 2.96. The average Bonchev–Trinajstić information content (AvgIpc) is 2.78. The van der Waals surface area contributed by atoms with Crippen LogP contribution in [0.15, 0.2) is 60.3 Å². The van der Waals surface area contributed by atoms with Crippen molar-refractivity contribution in [3.63, 3.8) is 0 Å². The minimum Gasteiger partial charge on any atom is -0.469 e. The van der Waals surface area contributed by atoms with E-state index in [1.165, 1.54) is 43.7 Å². The van der Waals surface area contributed by atoms with Crippen molar-refractivity contribution in [1.82, 2.24) is 10.2 Å². The molecule has 1 heterocycles. The third-order valence-corrected chi connectivity index (χ3v) is 6.28. The number of nitrogens with one attached hydrogen (secondary N) is 1. The van der Waals surface area contributed by atoms with Crippen molar-refractivity contribution >= 4 is 64.2 Å². The Bertz CT molecular complexity index is 1110. The second-order valence-corrected chi connectivity index (χ2v) is 8.87. The molecular weight excluding hydrogens is 524 g/mol. The molecule has 0 saturated heterocycles. The van der Waals surface area contributed by atoms with Crippen LogP contribution in [0.25, 0.3) is 0 Å². The van der Waals surface area contributed by atoms with E-state index in [2.05, 4.69) is 10.1 Å². The molecule has 2 amide bonds. The zero-order valence-electron chi connectivity index (χ0n) is 17.8. The number of hydrogen-bond acceptors (Lipinski definition) is 6. The van der Waals surface area contributed by atoms with Crippen molar-refractivity contribution < 1.29 is 19.1 Å². The van der Waals surface area contributed by atoms with Gasteiger partial charge in [-0.3, -0.25) is 20.1 Å². The van der Waals surface area contributed by atoms with E-state index in [1.807, 2.05) is 0 Å². The number of rotatable bonds is 6. The van der Waals surface area contributed by atoms with E-state index in [0.29, 0.717) is 12.0 Å². The lowest BCUT2D eigenvalue weighted by Gasteiger charge is -2.39. The van der Waals surface area contributed by atoms with Crippen LogP contribution in [0.1, 0.15) is 33.6 Å². The number of allylic oxidation sites excluding steroid dienone is 2. The number of dihydropyridines is 1. The molecule has 1 atom stereocenters. The lowest BCUT2D eigenvalue weighted by atomic mass is 10.0. The summed E-state index contributed by atoms with van der Waals surface area (Å²) in [5.74, 6) is -3.97. The summed E-state index contributed by atoms with van der Waals surface area (Å²) in [6, 6.07) is 8.97. The zero-order valence-corrected chi connectivity index (χ0v) is 20.8. The predicted octanol–water partition coefficient (Wildman–Crippen LogP) is 5.19. The Morgan fingerprint density at radius 1 is 0.941 bits per heavy atom. The van der Waals surface area contributed by atoms with E-state index in [-0.39, 0.29) is 43.6 Å². The van der Waals surface area contributed by atoms with Crippen LogP contribution in [0.5, 0.6) is 0 Å². The third-order valence-electron chi connectivity index (χ3n) is 5.02. The molecule has 0 aromatic heterocycles. The number of halogens is 4. The second kappa shape index (κ2) is 10.8. The van der Waals surface area contributed by atoms with E-state index >= 15 is 0 Å². The van der Waals surface area contributed by atoms with Gasteiger partial charge < -0.3 is 10.1 Å². The quantitative estimate of drug-likeness (QED) is 0.296. The SMILES string of the molecule is COC(=O)CCC1=CN[C@](N)(N(C(=O)c2c(Cl)cccc2Cl)C(=O)c2c(Cl)cccc2Cl)C=C1. The molecule has 3 rings (SSSR count). The highest BCUT2D eigenvalue weighted by Crippen LogP contribution is 2.32. The number of carbonyl (C=O) groups is 3. The number of esters is 1. The first-order valence-electron chi connectivity index (χ1n) is 9.87. The van der Waals surface area contributed by atoms with Gasteiger partial charge in [0, 0.05) is 12.6 Å². The largest absolute Gasteiger partial charge is 0.469 e. The first-order chi connectivity index (χ1) is 16.1. The lowest BCUT2D eigenvalue weighted by Crippen LogP contribution is -2.67. The summed E-state index contributed by atoms with van der Waals surface area (Å²) >= 11 is 25.0. The van der Waals surface area contributed by atoms with Crippen LogP contribution in [0.4, 0.5) is 0 Å². The first-order valence-corrected chi connectivity index (χ1v) is 11.4. The number of nitrogens with zero attached hydrogens (tertiary/aromatic N) is 1. The Labute approximate surface area is 216 Å². The van der Waals surface area contributed by atoms with Crippen LogP contribution in [0.2, 0.25) is 20.1 Å². The minimum atomic E-state index is -1.84. The molecule has 34 heavy (non-hydrogen) atoms. The van der Waals surface area contributed by atoms with E-state index in [9.17, 15) is 14.4 Å². The fraction of sp³-hybridized carbons (Fsp3) is 0.174. The average molecular weight is 543 g/mol. The smallest absolute Gasteiger partial charge is 0.305 e. The Balaban J connectivity index is 2.05. The predicted molar refractivity (Wildman–Crippen MR) is 132 cm³/mol. The Hall–Kier alpha value is -2.55. The van der Waals surface area contributed by atoms with Crippen molar-refractivity contribution in [2.75, 3.05) is 7.11 Å². The molecule has 11 heteroatoms. The summed E-state index contributed by atoms with van der Waals surface area (Å²) < 4.78 is 4.64. The summed E-state index contributed by atoms with van der Waals surface area (Å²) in [5.41, 5.74) is 6.95. The van der Waals surface area contributed by atoms with E-state index < -0.39 is 17.6 Å². The number of nitrogens with two attached hydrogens (primary N) is 1. The monoisotopic (exact) mass is 541 g/mol. The van der Waals surface area contributed by atoms with Crippen LogP contribution in [0.3, 0.4) is 0 Å². The molecule has 1 aliphatic heterocycles. The highest BCUT2D eigenvalue weighted by molar-refractivity contribution is 6.42. The number of methoxy groups -OCH3 is 1. The van der Waals surface area contributed by atoms with Gasteiger partial charge in [-0.2, -0.15) is 0 Å². The number of amides is 2. The van der Waals surface area contributed by atoms with Gasteiger partial charge in [0.05, 0.1) is 38.3 Å². The van der Waals surface area contributed by atoms with E-state index in [1.54, 1.807) is 18.2 Å². The summed E-state index contributed by atoms with van der Waals surface area (Å²) in [6.07, 6.45) is 4.98. The molecule has 2 aromatic rings. The number of carbonyl (C=O) groups excluding carboxylic acids is 3. The lowest BCUT2D eigenvalue weighted by molar-refractivity contribution is -0.140. The van der Waals surface area contributed by atoms with Crippen LogP contribution in [-0.2, 0) is 9.53 Å². The summed E-state index contributed by atoms with van der Waals surface area (Å²) in [6.45, 7) is 0. The maximum atomic E-state index is 13.7. The topological polar surface area (TPSA) is 102 Å². The molecular formula is C23H19Cl4N3O4. The molecule has 7 nitrogen and oxygen atoms in total. The first kappa shape index (κ1) is 26.1. The summed E-state index contributed by atoms with van der Waals surface area (Å²) in [7, 11) is 1.30.